The molecule has 1 aromatic rings. The summed E-state index contributed by atoms with van der Waals surface area (Å²) in [7, 11) is 0. The fourth-order valence-electron chi connectivity index (χ4n) is 1.28. The van der Waals surface area contributed by atoms with Gasteiger partial charge in [0.05, 0.1) is 4.47 Å². The van der Waals surface area contributed by atoms with Gasteiger partial charge in [0, 0.05) is 6.07 Å². The monoisotopic (exact) mass is 304 g/mol. The Hall–Kier alpha value is -1.14. The zero-order valence-corrected chi connectivity index (χ0v) is 11.1. The first-order valence-corrected chi connectivity index (χ1v) is 5.87. The van der Waals surface area contributed by atoms with Crippen molar-refractivity contribution in [3.8, 4) is 5.75 Å². The first-order chi connectivity index (χ1) is 7.95. The molecule has 4 nitrogen and oxygen atoms in total. The van der Waals surface area contributed by atoms with E-state index < -0.39 is 17.8 Å². The lowest BCUT2D eigenvalue weighted by molar-refractivity contribution is -0.129. The molecule has 0 aliphatic heterocycles. The van der Waals surface area contributed by atoms with Gasteiger partial charge in [0.1, 0.15) is 11.6 Å². The maximum absolute atomic E-state index is 13.1. The van der Waals surface area contributed by atoms with Crippen LogP contribution in [0.15, 0.2) is 22.7 Å². The third kappa shape index (κ3) is 3.67. The number of hydrazine groups is 1. The van der Waals surface area contributed by atoms with Gasteiger partial charge in [-0.2, -0.15) is 0 Å². The number of amides is 1. The minimum atomic E-state index is -0.766. The average molecular weight is 305 g/mol. The van der Waals surface area contributed by atoms with E-state index in [0.29, 0.717) is 4.47 Å². The Morgan fingerprint density at radius 3 is 2.71 bits per heavy atom. The van der Waals surface area contributed by atoms with Crippen LogP contribution >= 0.6 is 15.9 Å². The van der Waals surface area contributed by atoms with Crippen molar-refractivity contribution in [3.63, 3.8) is 0 Å². The van der Waals surface area contributed by atoms with Gasteiger partial charge in [0.15, 0.2) is 6.10 Å². The van der Waals surface area contributed by atoms with E-state index >= 15 is 0 Å². The van der Waals surface area contributed by atoms with Crippen molar-refractivity contribution in [1.29, 1.82) is 0 Å². The lowest BCUT2D eigenvalue weighted by Crippen LogP contribution is -2.44. The highest BCUT2D eigenvalue weighted by Gasteiger charge is 2.24. The molecule has 1 unspecified atom stereocenters. The highest BCUT2D eigenvalue weighted by atomic mass is 79.9. The third-order valence-corrected chi connectivity index (χ3v) is 2.81. The van der Waals surface area contributed by atoms with E-state index in [2.05, 4.69) is 15.9 Å². The van der Waals surface area contributed by atoms with E-state index in [4.69, 9.17) is 10.6 Å². The molecule has 0 fully saturated rings. The van der Waals surface area contributed by atoms with Crippen molar-refractivity contribution in [2.75, 3.05) is 0 Å². The summed E-state index contributed by atoms with van der Waals surface area (Å²) >= 11 is 3.22. The SMILES string of the molecule is CC(C)C(Oc1cc(F)ccc1Br)C(=O)NN. The van der Waals surface area contributed by atoms with Gasteiger partial charge in [-0.1, -0.05) is 13.8 Å². The Morgan fingerprint density at radius 1 is 1.53 bits per heavy atom. The van der Waals surface area contributed by atoms with Gasteiger partial charge < -0.3 is 4.74 Å². The second kappa shape index (κ2) is 5.97. The average Bonchev–Trinajstić information content (AvgIpc) is 2.28. The van der Waals surface area contributed by atoms with E-state index in [1.807, 2.05) is 19.3 Å². The molecule has 1 rings (SSSR count). The summed E-state index contributed by atoms with van der Waals surface area (Å²) in [6, 6.07) is 4.02. The number of hydrogen-bond donors (Lipinski definition) is 2. The van der Waals surface area contributed by atoms with Crippen molar-refractivity contribution < 1.29 is 13.9 Å². The van der Waals surface area contributed by atoms with E-state index in [1.165, 1.54) is 18.2 Å². The molecule has 0 bridgehead atoms. The molecule has 94 valence electrons. The summed E-state index contributed by atoms with van der Waals surface area (Å²) in [5.41, 5.74) is 2.03. The van der Waals surface area contributed by atoms with Crippen molar-refractivity contribution in [2.45, 2.75) is 20.0 Å². The van der Waals surface area contributed by atoms with E-state index in [-0.39, 0.29) is 11.7 Å². The Labute approximate surface area is 107 Å². The Kier molecular flexibility index (Phi) is 4.89. The van der Waals surface area contributed by atoms with Crippen molar-refractivity contribution in [2.24, 2.45) is 11.8 Å². The highest BCUT2D eigenvalue weighted by Crippen LogP contribution is 2.27. The second-order valence-corrected chi connectivity index (χ2v) is 4.72. The molecular weight excluding hydrogens is 291 g/mol. The first-order valence-electron chi connectivity index (χ1n) is 5.08. The summed E-state index contributed by atoms with van der Waals surface area (Å²) in [6.45, 7) is 3.63. The maximum Gasteiger partial charge on any atom is 0.275 e. The molecule has 0 saturated carbocycles. The van der Waals surface area contributed by atoms with Crippen LogP contribution in [0.4, 0.5) is 4.39 Å². The van der Waals surface area contributed by atoms with Crippen LogP contribution in [0, 0.1) is 11.7 Å². The summed E-state index contributed by atoms with van der Waals surface area (Å²) in [5, 5.41) is 0. The zero-order chi connectivity index (χ0) is 13.0. The van der Waals surface area contributed by atoms with Gasteiger partial charge in [-0.15, -0.1) is 0 Å². The summed E-state index contributed by atoms with van der Waals surface area (Å²) in [4.78, 5) is 11.5. The molecule has 0 radical (unpaired) electrons. The predicted molar refractivity (Wildman–Crippen MR) is 65.7 cm³/mol. The normalized spacial score (nSPS) is 12.4. The number of nitrogens with one attached hydrogen (secondary N) is 1. The number of hydrogen-bond acceptors (Lipinski definition) is 3. The van der Waals surface area contributed by atoms with Gasteiger partial charge in [0.25, 0.3) is 5.91 Å². The molecular formula is C11H14BrFN2O2. The summed E-state index contributed by atoms with van der Waals surface area (Å²) < 4.78 is 19.1. The number of carbonyl (C=O) groups excluding carboxylic acids is 1. The van der Waals surface area contributed by atoms with Crippen LogP contribution in [0.1, 0.15) is 13.8 Å². The number of halogens is 2. The Bertz CT molecular complexity index is 412. The predicted octanol–water partition coefficient (Wildman–Crippen LogP) is 1.98. The molecule has 1 atom stereocenters. The van der Waals surface area contributed by atoms with Crippen molar-refractivity contribution in [3.05, 3.63) is 28.5 Å². The molecule has 3 N–H and O–H groups in total. The van der Waals surface area contributed by atoms with E-state index in [0.717, 1.165) is 0 Å². The summed E-state index contributed by atoms with van der Waals surface area (Å²) in [5.74, 6) is 4.37. The number of nitrogens with two attached hydrogens (primary N) is 1. The number of rotatable bonds is 4. The van der Waals surface area contributed by atoms with Crippen LogP contribution in [-0.2, 0) is 4.79 Å². The lowest BCUT2D eigenvalue weighted by Gasteiger charge is -2.21. The molecule has 0 aliphatic rings. The van der Waals surface area contributed by atoms with Crippen LogP contribution in [0.2, 0.25) is 0 Å². The summed E-state index contributed by atoms with van der Waals surface area (Å²) in [6.07, 6.45) is -0.766. The van der Waals surface area contributed by atoms with Gasteiger partial charge in [-0.05, 0) is 34.0 Å². The maximum atomic E-state index is 13.1. The van der Waals surface area contributed by atoms with Gasteiger partial charge in [-0.25, -0.2) is 10.2 Å². The standard InChI is InChI=1S/C11H14BrFN2O2/c1-6(2)10(11(16)15-14)17-9-5-7(13)3-4-8(9)12/h3-6,10H,14H2,1-2H3,(H,15,16). The molecule has 6 heteroatoms. The number of carbonyl (C=O) groups is 1. The topological polar surface area (TPSA) is 64.3 Å². The van der Waals surface area contributed by atoms with Crippen LogP contribution < -0.4 is 16.0 Å². The number of ether oxygens (including phenoxy) is 1. The second-order valence-electron chi connectivity index (χ2n) is 3.87. The molecule has 17 heavy (non-hydrogen) atoms. The molecule has 1 amide bonds. The van der Waals surface area contributed by atoms with Gasteiger partial charge in [-0.3, -0.25) is 10.2 Å². The van der Waals surface area contributed by atoms with E-state index in [1.54, 1.807) is 0 Å². The first kappa shape index (κ1) is 13.9. The van der Waals surface area contributed by atoms with Gasteiger partial charge in [0.2, 0.25) is 0 Å². The quantitative estimate of drug-likeness (QED) is 0.508. The Balaban J connectivity index is 2.93. The fourth-order valence-corrected chi connectivity index (χ4v) is 1.62. The lowest BCUT2D eigenvalue weighted by atomic mass is 10.1. The van der Waals surface area contributed by atoms with Crippen LogP contribution in [0.3, 0.4) is 0 Å². The van der Waals surface area contributed by atoms with E-state index in [9.17, 15) is 9.18 Å². The number of benzene rings is 1. The van der Waals surface area contributed by atoms with Crippen LogP contribution in [0.25, 0.3) is 0 Å². The molecule has 0 heterocycles. The fraction of sp³-hybridized carbons (Fsp3) is 0.364. The van der Waals surface area contributed by atoms with Crippen LogP contribution in [0.5, 0.6) is 5.75 Å². The molecule has 0 saturated heterocycles. The van der Waals surface area contributed by atoms with Crippen molar-refractivity contribution >= 4 is 21.8 Å². The molecule has 0 spiro atoms. The molecule has 1 aromatic carbocycles. The highest BCUT2D eigenvalue weighted by molar-refractivity contribution is 9.10. The molecule has 0 aromatic heterocycles. The third-order valence-electron chi connectivity index (χ3n) is 2.15. The largest absolute Gasteiger partial charge is 0.479 e. The zero-order valence-electron chi connectivity index (χ0n) is 9.54. The van der Waals surface area contributed by atoms with Crippen LogP contribution in [-0.4, -0.2) is 12.0 Å². The molecule has 0 aliphatic carbocycles. The minimum Gasteiger partial charge on any atom is -0.479 e. The Morgan fingerprint density at radius 2 is 2.18 bits per heavy atom. The minimum absolute atomic E-state index is 0.0892. The van der Waals surface area contributed by atoms with Crippen molar-refractivity contribution in [1.82, 2.24) is 5.43 Å². The van der Waals surface area contributed by atoms with Gasteiger partial charge >= 0.3 is 0 Å². The smallest absolute Gasteiger partial charge is 0.275 e.